The van der Waals surface area contributed by atoms with Crippen molar-refractivity contribution in [2.24, 2.45) is 0 Å². The van der Waals surface area contributed by atoms with E-state index in [1.807, 2.05) is 14.1 Å². The zero-order valence-corrected chi connectivity index (χ0v) is 15.0. The Hall–Kier alpha value is -1.70. The molecule has 1 amide bonds. The van der Waals surface area contributed by atoms with E-state index in [2.05, 4.69) is 21.5 Å². The summed E-state index contributed by atoms with van der Waals surface area (Å²) in [5, 5.41) is 3.04. The van der Waals surface area contributed by atoms with Crippen LogP contribution in [0, 0.1) is 0 Å². The lowest BCUT2D eigenvalue weighted by atomic mass is 10.1. The minimum absolute atomic E-state index is 0.0765. The molecule has 24 heavy (non-hydrogen) atoms. The summed E-state index contributed by atoms with van der Waals surface area (Å²) in [6, 6.07) is 6.49. The molecule has 0 spiro atoms. The Balaban J connectivity index is 2.13. The summed E-state index contributed by atoms with van der Waals surface area (Å²) in [6.07, 6.45) is 4.54. The van der Waals surface area contributed by atoms with Crippen LogP contribution in [0.4, 0.5) is 0 Å². The molecule has 1 aliphatic rings. The van der Waals surface area contributed by atoms with E-state index in [0.717, 1.165) is 19.3 Å². The number of amides is 1. The molecule has 132 valence electrons. The molecular weight excluding hydrogens is 326 g/mol. The number of benzene rings is 1. The second kappa shape index (κ2) is 7.92. The quantitative estimate of drug-likeness (QED) is 0.727. The summed E-state index contributed by atoms with van der Waals surface area (Å²) in [5.74, 6) is -0.241. The first-order chi connectivity index (χ1) is 11.3. The largest absolute Gasteiger partial charge is 0.348 e. The van der Waals surface area contributed by atoms with Gasteiger partial charge in [0.1, 0.15) is 0 Å². The molecule has 0 unspecified atom stereocenters. The third-order valence-electron chi connectivity index (χ3n) is 4.28. The van der Waals surface area contributed by atoms with E-state index in [1.165, 1.54) is 18.2 Å². The van der Waals surface area contributed by atoms with E-state index in [-0.39, 0.29) is 23.4 Å². The molecule has 1 aromatic rings. The predicted molar refractivity (Wildman–Crippen MR) is 94.4 cm³/mol. The number of carbonyl (C=O) groups is 1. The number of nitrogens with one attached hydrogen (secondary N) is 2. The normalized spacial score (nSPS) is 21.0. The first-order valence-corrected chi connectivity index (χ1v) is 9.51. The average Bonchev–Trinajstić information content (AvgIpc) is 3.01. The van der Waals surface area contributed by atoms with Gasteiger partial charge in [-0.05, 0) is 51.6 Å². The lowest BCUT2D eigenvalue weighted by Crippen LogP contribution is -2.46. The molecule has 1 saturated carbocycles. The molecule has 1 aliphatic carbocycles. The van der Waals surface area contributed by atoms with Gasteiger partial charge in [0, 0.05) is 24.2 Å². The minimum Gasteiger partial charge on any atom is -0.348 e. The van der Waals surface area contributed by atoms with Crippen LogP contribution in [-0.4, -0.2) is 51.9 Å². The van der Waals surface area contributed by atoms with E-state index >= 15 is 0 Å². The van der Waals surface area contributed by atoms with Gasteiger partial charge in [0.05, 0.1) is 4.90 Å². The van der Waals surface area contributed by atoms with Gasteiger partial charge in [0.15, 0.2) is 0 Å². The smallest absolute Gasteiger partial charge is 0.251 e. The van der Waals surface area contributed by atoms with Crippen LogP contribution in [0.5, 0.6) is 0 Å². The van der Waals surface area contributed by atoms with Crippen molar-refractivity contribution < 1.29 is 13.2 Å². The van der Waals surface area contributed by atoms with E-state index in [9.17, 15) is 13.2 Å². The molecule has 2 rings (SSSR count). The second-order valence-electron chi connectivity index (χ2n) is 6.21. The maximum absolute atomic E-state index is 12.5. The van der Waals surface area contributed by atoms with Gasteiger partial charge in [-0.25, -0.2) is 13.1 Å². The standard InChI is InChI=1S/C17H25N3O3S/c1-4-11-18-24(22,23)14-8-5-7-13(12-14)17(21)19-15-9-6-10-16(15)20(2)3/h4-5,7-8,12,15-16,18H,1,6,9-11H2,2-3H3,(H,19,21)/t15-,16-/m0/s1. The first-order valence-electron chi connectivity index (χ1n) is 8.03. The number of carbonyl (C=O) groups excluding carboxylic acids is 1. The third kappa shape index (κ3) is 4.43. The highest BCUT2D eigenvalue weighted by molar-refractivity contribution is 7.89. The number of rotatable bonds is 7. The molecule has 0 aliphatic heterocycles. The van der Waals surface area contributed by atoms with Crippen molar-refractivity contribution in [3.63, 3.8) is 0 Å². The van der Waals surface area contributed by atoms with Crippen molar-refractivity contribution in [3.8, 4) is 0 Å². The summed E-state index contributed by atoms with van der Waals surface area (Å²) in [6.45, 7) is 3.63. The highest BCUT2D eigenvalue weighted by Gasteiger charge is 2.30. The first kappa shape index (κ1) is 18.6. The van der Waals surface area contributed by atoms with Crippen LogP contribution in [0.3, 0.4) is 0 Å². The zero-order chi connectivity index (χ0) is 17.7. The monoisotopic (exact) mass is 351 g/mol. The molecular formula is C17H25N3O3S. The fourth-order valence-electron chi connectivity index (χ4n) is 3.04. The zero-order valence-electron chi connectivity index (χ0n) is 14.2. The summed E-state index contributed by atoms with van der Waals surface area (Å²) in [4.78, 5) is 14.7. The topological polar surface area (TPSA) is 78.5 Å². The van der Waals surface area contributed by atoms with Crippen molar-refractivity contribution >= 4 is 15.9 Å². The van der Waals surface area contributed by atoms with E-state index < -0.39 is 10.0 Å². The highest BCUT2D eigenvalue weighted by atomic mass is 32.2. The van der Waals surface area contributed by atoms with Gasteiger partial charge in [-0.3, -0.25) is 4.79 Å². The number of nitrogens with zero attached hydrogens (tertiary/aromatic N) is 1. The van der Waals surface area contributed by atoms with Gasteiger partial charge < -0.3 is 10.2 Å². The van der Waals surface area contributed by atoms with E-state index in [1.54, 1.807) is 12.1 Å². The van der Waals surface area contributed by atoms with Crippen LogP contribution < -0.4 is 10.0 Å². The minimum atomic E-state index is -3.64. The molecule has 2 atom stereocenters. The molecule has 1 fully saturated rings. The highest BCUT2D eigenvalue weighted by Crippen LogP contribution is 2.23. The predicted octanol–water partition coefficient (Wildman–Crippen LogP) is 1.36. The van der Waals surface area contributed by atoms with Gasteiger partial charge in [0.25, 0.3) is 5.91 Å². The average molecular weight is 351 g/mol. The molecule has 0 heterocycles. The fraction of sp³-hybridized carbons (Fsp3) is 0.471. The lowest BCUT2D eigenvalue weighted by molar-refractivity contribution is 0.0919. The number of likely N-dealkylation sites (N-methyl/N-ethyl adjacent to an activating group) is 1. The maximum Gasteiger partial charge on any atom is 0.251 e. The Morgan fingerprint density at radius 2 is 2.12 bits per heavy atom. The van der Waals surface area contributed by atoms with Crippen molar-refractivity contribution in [1.82, 2.24) is 14.9 Å². The Morgan fingerprint density at radius 3 is 2.79 bits per heavy atom. The number of hydrogen-bond donors (Lipinski definition) is 2. The van der Waals surface area contributed by atoms with Crippen LogP contribution in [-0.2, 0) is 10.0 Å². The SMILES string of the molecule is C=CCNS(=O)(=O)c1cccc(C(=O)N[C@H]2CCC[C@@H]2N(C)C)c1. The van der Waals surface area contributed by atoms with Crippen molar-refractivity contribution in [2.45, 2.75) is 36.2 Å². The lowest BCUT2D eigenvalue weighted by Gasteiger charge is -2.27. The molecule has 6 nitrogen and oxygen atoms in total. The molecule has 7 heteroatoms. The van der Waals surface area contributed by atoms with Gasteiger partial charge in [0.2, 0.25) is 10.0 Å². The third-order valence-corrected chi connectivity index (χ3v) is 5.70. The molecule has 2 N–H and O–H groups in total. The van der Waals surface area contributed by atoms with Crippen molar-refractivity contribution in [3.05, 3.63) is 42.5 Å². The number of hydrogen-bond acceptors (Lipinski definition) is 4. The maximum atomic E-state index is 12.5. The Morgan fingerprint density at radius 1 is 1.38 bits per heavy atom. The van der Waals surface area contributed by atoms with Gasteiger partial charge in [-0.1, -0.05) is 12.1 Å². The molecule has 0 aromatic heterocycles. The summed E-state index contributed by atoms with van der Waals surface area (Å²) in [7, 11) is 0.376. The second-order valence-corrected chi connectivity index (χ2v) is 7.98. The number of sulfonamides is 1. The summed E-state index contributed by atoms with van der Waals surface area (Å²) in [5.41, 5.74) is 0.348. The molecule has 0 bridgehead atoms. The van der Waals surface area contributed by atoms with Gasteiger partial charge in [-0.15, -0.1) is 6.58 Å². The Labute approximate surface area is 144 Å². The Bertz CT molecular complexity index is 701. The van der Waals surface area contributed by atoms with E-state index in [0.29, 0.717) is 11.6 Å². The van der Waals surface area contributed by atoms with Gasteiger partial charge >= 0.3 is 0 Å². The fourth-order valence-corrected chi connectivity index (χ4v) is 4.08. The Kier molecular flexibility index (Phi) is 6.15. The van der Waals surface area contributed by atoms with Crippen LogP contribution in [0.25, 0.3) is 0 Å². The van der Waals surface area contributed by atoms with Crippen LogP contribution >= 0.6 is 0 Å². The van der Waals surface area contributed by atoms with Gasteiger partial charge in [-0.2, -0.15) is 0 Å². The van der Waals surface area contributed by atoms with Crippen LogP contribution in [0.1, 0.15) is 29.6 Å². The summed E-state index contributed by atoms with van der Waals surface area (Å²) < 4.78 is 26.7. The van der Waals surface area contributed by atoms with E-state index in [4.69, 9.17) is 0 Å². The summed E-state index contributed by atoms with van der Waals surface area (Å²) >= 11 is 0. The van der Waals surface area contributed by atoms with Crippen molar-refractivity contribution in [2.75, 3.05) is 20.6 Å². The van der Waals surface area contributed by atoms with Crippen LogP contribution in [0.15, 0.2) is 41.8 Å². The molecule has 0 saturated heterocycles. The van der Waals surface area contributed by atoms with Crippen molar-refractivity contribution in [1.29, 1.82) is 0 Å². The molecule has 1 aromatic carbocycles. The molecule has 0 radical (unpaired) electrons. The van der Waals surface area contributed by atoms with Crippen LogP contribution in [0.2, 0.25) is 0 Å².